The van der Waals surface area contributed by atoms with Gasteiger partial charge in [-0.2, -0.15) is 4.31 Å². The molecule has 1 saturated heterocycles. The standard InChI is InChI=1S/C26H31N3O3S/c1-2-28-15-12-21-18-22(10-11-25(21)28)33(31,32)29-16-13-20(14-17-29)26(30)27-24-9-5-7-19-6-3-4-8-23(19)24/h3-4,6,8,10-12,15,18,20,24H,2,5,7,9,13-14,16-17H2,1H3,(H,27,30). The lowest BCUT2D eigenvalue weighted by atomic mass is 9.87. The topological polar surface area (TPSA) is 71.4 Å². The van der Waals surface area contributed by atoms with Crippen molar-refractivity contribution in [3.63, 3.8) is 0 Å². The molecular weight excluding hydrogens is 434 g/mol. The molecule has 1 unspecified atom stereocenters. The summed E-state index contributed by atoms with van der Waals surface area (Å²) in [5, 5.41) is 4.18. The highest BCUT2D eigenvalue weighted by molar-refractivity contribution is 7.89. The predicted octanol–water partition coefficient (Wildman–Crippen LogP) is 4.26. The number of amides is 1. The first-order valence-corrected chi connectivity index (χ1v) is 13.4. The molecule has 1 N–H and O–H groups in total. The average molecular weight is 466 g/mol. The highest BCUT2D eigenvalue weighted by Crippen LogP contribution is 2.31. The molecule has 2 heterocycles. The number of hydrogen-bond donors (Lipinski definition) is 1. The van der Waals surface area contributed by atoms with Gasteiger partial charge >= 0.3 is 0 Å². The maximum Gasteiger partial charge on any atom is 0.243 e. The fourth-order valence-electron chi connectivity index (χ4n) is 5.32. The molecular formula is C26H31N3O3S. The molecule has 0 spiro atoms. The van der Waals surface area contributed by atoms with Gasteiger partial charge in [-0.05, 0) is 74.4 Å². The van der Waals surface area contributed by atoms with Crippen LogP contribution >= 0.6 is 0 Å². The number of carbonyl (C=O) groups excluding carboxylic acids is 1. The summed E-state index contributed by atoms with van der Waals surface area (Å²) < 4.78 is 30.1. The van der Waals surface area contributed by atoms with Crippen LogP contribution in [-0.2, 0) is 27.8 Å². The summed E-state index contributed by atoms with van der Waals surface area (Å²) in [6, 6.07) is 15.7. The first kappa shape index (κ1) is 22.2. The quantitative estimate of drug-likeness (QED) is 0.612. The Labute approximate surface area is 195 Å². The summed E-state index contributed by atoms with van der Waals surface area (Å²) in [6.45, 7) is 3.65. The summed E-state index contributed by atoms with van der Waals surface area (Å²) in [5.41, 5.74) is 3.58. The highest BCUT2D eigenvalue weighted by atomic mass is 32.2. The largest absolute Gasteiger partial charge is 0.349 e. The van der Waals surface area contributed by atoms with Crippen LogP contribution < -0.4 is 5.32 Å². The lowest BCUT2D eigenvalue weighted by molar-refractivity contribution is -0.127. The number of sulfonamides is 1. The van der Waals surface area contributed by atoms with Crippen LogP contribution in [0.15, 0.2) is 59.6 Å². The minimum atomic E-state index is -3.57. The zero-order valence-electron chi connectivity index (χ0n) is 19.0. The first-order valence-electron chi connectivity index (χ1n) is 11.9. The molecule has 1 aliphatic heterocycles. The lowest BCUT2D eigenvalue weighted by Gasteiger charge is -2.32. The molecule has 3 aromatic rings. The van der Waals surface area contributed by atoms with E-state index in [2.05, 4.69) is 35.0 Å². The van der Waals surface area contributed by atoms with Crippen LogP contribution in [0.4, 0.5) is 0 Å². The molecule has 0 bridgehead atoms. The molecule has 1 fully saturated rings. The van der Waals surface area contributed by atoms with Gasteiger partial charge in [0.2, 0.25) is 15.9 Å². The number of aryl methyl sites for hydroxylation is 2. The summed E-state index contributed by atoms with van der Waals surface area (Å²) in [5.74, 6) is -0.0947. The second-order valence-electron chi connectivity index (χ2n) is 9.15. The third-order valence-electron chi connectivity index (χ3n) is 7.23. The average Bonchev–Trinajstić information content (AvgIpc) is 3.27. The van der Waals surface area contributed by atoms with Crippen molar-refractivity contribution in [1.29, 1.82) is 0 Å². The van der Waals surface area contributed by atoms with Crippen molar-refractivity contribution in [2.45, 2.75) is 56.5 Å². The van der Waals surface area contributed by atoms with Gasteiger partial charge in [-0.15, -0.1) is 0 Å². The van der Waals surface area contributed by atoms with E-state index in [1.54, 1.807) is 12.1 Å². The number of piperidine rings is 1. The molecule has 2 aliphatic rings. The smallest absolute Gasteiger partial charge is 0.243 e. The fraction of sp³-hybridized carbons (Fsp3) is 0.423. The molecule has 2 aromatic carbocycles. The Morgan fingerprint density at radius 1 is 1.06 bits per heavy atom. The molecule has 0 saturated carbocycles. The van der Waals surface area contributed by atoms with Crippen molar-refractivity contribution >= 4 is 26.8 Å². The van der Waals surface area contributed by atoms with Gasteiger partial charge in [0.05, 0.1) is 10.9 Å². The molecule has 5 rings (SSSR count). The Hall–Kier alpha value is -2.64. The third-order valence-corrected chi connectivity index (χ3v) is 9.13. The number of fused-ring (bicyclic) bond motifs is 2. The predicted molar refractivity (Wildman–Crippen MR) is 129 cm³/mol. The summed E-state index contributed by atoms with van der Waals surface area (Å²) in [4.78, 5) is 13.3. The minimum absolute atomic E-state index is 0.0519. The number of aromatic nitrogens is 1. The van der Waals surface area contributed by atoms with E-state index in [1.807, 2.05) is 24.4 Å². The van der Waals surface area contributed by atoms with Crippen molar-refractivity contribution in [3.05, 3.63) is 65.9 Å². The van der Waals surface area contributed by atoms with Gasteiger partial charge in [-0.1, -0.05) is 24.3 Å². The van der Waals surface area contributed by atoms with E-state index in [4.69, 9.17) is 0 Å². The Kier molecular flexibility index (Phi) is 6.01. The zero-order valence-corrected chi connectivity index (χ0v) is 19.9. The van der Waals surface area contributed by atoms with Crippen LogP contribution in [0.5, 0.6) is 0 Å². The Bertz CT molecular complexity index is 1270. The van der Waals surface area contributed by atoms with Crippen LogP contribution in [0.2, 0.25) is 0 Å². The van der Waals surface area contributed by atoms with Crippen LogP contribution in [0.1, 0.15) is 49.8 Å². The molecule has 0 radical (unpaired) electrons. The molecule has 1 aromatic heterocycles. The van der Waals surface area contributed by atoms with Gasteiger partial charge in [0.1, 0.15) is 0 Å². The van der Waals surface area contributed by atoms with E-state index in [9.17, 15) is 13.2 Å². The first-order chi connectivity index (χ1) is 16.0. The van der Waals surface area contributed by atoms with E-state index in [0.717, 1.165) is 36.7 Å². The Morgan fingerprint density at radius 2 is 1.85 bits per heavy atom. The van der Waals surface area contributed by atoms with Gasteiger partial charge in [-0.3, -0.25) is 4.79 Å². The molecule has 7 heteroatoms. The van der Waals surface area contributed by atoms with Crippen molar-refractivity contribution in [3.8, 4) is 0 Å². The van der Waals surface area contributed by atoms with Crippen molar-refractivity contribution < 1.29 is 13.2 Å². The molecule has 33 heavy (non-hydrogen) atoms. The van der Waals surface area contributed by atoms with Gasteiger partial charge in [-0.25, -0.2) is 8.42 Å². The van der Waals surface area contributed by atoms with E-state index < -0.39 is 10.0 Å². The van der Waals surface area contributed by atoms with Crippen LogP contribution in [0, 0.1) is 5.92 Å². The number of rotatable bonds is 5. The monoisotopic (exact) mass is 465 g/mol. The van der Waals surface area contributed by atoms with Gasteiger partial charge in [0.25, 0.3) is 0 Å². The zero-order chi connectivity index (χ0) is 23.0. The maximum absolute atomic E-state index is 13.3. The number of hydrogen-bond acceptors (Lipinski definition) is 3. The van der Waals surface area contributed by atoms with Crippen molar-refractivity contribution in [1.82, 2.24) is 14.2 Å². The number of carbonyl (C=O) groups is 1. The number of benzene rings is 2. The van der Waals surface area contributed by atoms with E-state index in [0.29, 0.717) is 30.8 Å². The molecule has 174 valence electrons. The third kappa shape index (κ3) is 4.20. The molecule has 6 nitrogen and oxygen atoms in total. The summed E-state index contributed by atoms with van der Waals surface area (Å²) >= 11 is 0. The summed E-state index contributed by atoms with van der Waals surface area (Å²) in [7, 11) is -3.57. The summed E-state index contributed by atoms with van der Waals surface area (Å²) in [6.07, 6.45) is 6.17. The van der Waals surface area contributed by atoms with Gasteiger partial charge in [0.15, 0.2) is 0 Å². The van der Waals surface area contributed by atoms with Crippen LogP contribution in [0.25, 0.3) is 10.9 Å². The van der Waals surface area contributed by atoms with E-state index >= 15 is 0 Å². The van der Waals surface area contributed by atoms with Crippen molar-refractivity contribution in [2.24, 2.45) is 5.92 Å². The SMILES string of the molecule is CCn1ccc2cc(S(=O)(=O)N3CCC(C(=O)NC4CCCc5ccccc54)CC3)ccc21. The maximum atomic E-state index is 13.3. The Balaban J connectivity index is 1.24. The minimum Gasteiger partial charge on any atom is -0.349 e. The van der Waals surface area contributed by atoms with E-state index in [-0.39, 0.29) is 17.9 Å². The Morgan fingerprint density at radius 3 is 2.64 bits per heavy atom. The number of nitrogens with one attached hydrogen (secondary N) is 1. The van der Waals surface area contributed by atoms with Crippen LogP contribution in [0.3, 0.4) is 0 Å². The van der Waals surface area contributed by atoms with E-state index in [1.165, 1.54) is 15.4 Å². The normalized spacial score (nSPS) is 20.0. The number of nitrogens with zero attached hydrogens (tertiary/aromatic N) is 2. The lowest BCUT2D eigenvalue weighted by Crippen LogP contribution is -2.44. The molecule has 1 atom stereocenters. The fourth-order valence-corrected chi connectivity index (χ4v) is 6.82. The second kappa shape index (κ2) is 8.95. The highest BCUT2D eigenvalue weighted by Gasteiger charge is 2.33. The molecule has 1 aliphatic carbocycles. The van der Waals surface area contributed by atoms with Gasteiger partial charge < -0.3 is 9.88 Å². The molecule has 1 amide bonds. The van der Waals surface area contributed by atoms with Gasteiger partial charge in [0, 0.05) is 42.7 Å². The van der Waals surface area contributed by atoms with Crippen molar-refractivity contribution in [2.75, 3.05) is 13.1 Å². The second-order valence-corrected chi connectivity index (χ2v) is 11.1. The van der Waals surface area contributed by atoms with Crippen LogP contribution in [-0.4, -0.2) is 36.3 Å².